The molecule has 1 aromatic heterocycles. The van der Waals surface area contributed by atoms with E-state index in [1.54, 1.807) is 0 Å². The average Bonchev–Trinajstić information content (AvgIpc) is 1.86. The van der Waals surface area contributed by atoms with Crippen LogP contribution >= 0.6 is 0 Å². The van der Waals surface area contributed by atoms with Gasteiger partial charge in [-0.3, -0.25) is 0 Å². The summed E-state index contributed by atoms with van der Waals surface area (Å²) in [5, 5.41) is 12.0. The molecule has 0 radical (unpaired) electrons. The number of aromatic amines is 1. The normalized spacial score (nSPS) is 7.43. The number of nitrogens with zero attached hydrogens (tertiary/aromatic N) is 3. The van der Waals surface area contributed by atoms with Gasteiger partial charge in [-0.25, -0.2) is 0 Å². The van der Waals surface area contributed by atoms with E-state index in [-0.39, 0.29) is 23.0 Å². The van der Waals surface area contributed by atoms with Gasteiger partial charge in [-0.1, -0.05) is 5.10 Å². The Hall–Kier alpha value is -0.611. The molecule has 0 aliphatic heterocycles. The summed E-state index contributed by atoms with van der Waals surface area (Å²) in [7, 11) is 0. The Bertz CT molecular complexity index is 112. The average molecular weight is 149 g/mol. The first-order chi connectivity index (χ1) is 2.89. The molecular formula is CH3CuN5+. The summed E-state index contributed by atoms with van der Waals surface area (Å²) in [4.78, 5) is 0. The van der Waals surface area contributed by atoms with Gasteiger partial charge >= 0.3 is 17.1 Å². The van der Waals surface area contributed by atoms with E-state index in [1.807, 2.05) is 0 Å². The predicted molar refractivity (Wildman–Crippen MR) is 18.6 cm³/mol. The van der Waals surface area contributed by atoms with Crippen LogP contribution in [0.4, 0.5) is 5.95 Å². The van der Waals surface area contributed by atoms with E-state index in [0.717, 1.165) is 0 Å². The summed E-state index contributed by atoms with van der Waals surface area (Å²) in [6.07, 6.45) is 0. The molecule has 42 valence electrons. The number of anilines is 1. The molecule has 1 heterocycles. The zero-order valence-corrected chi connectivity index (χ0v) is 4.16. The van der Waals surface area contributed by atoms with Crippen LogP contribution in [0.2, 0.25) is 0 Å². The SMILES string of the molecule is Nc1nn[nH]n1.[Cu+]. The fraction of sp³-hybridized carbons (Fsp3) is 0. The largest absolute Gasteiger partial charge is 1.00 e. The molecule has 0 unspecified atom stereocenters. The first kappa shape index (κ1) is 6.39. The minimum atomic E-state index is 0. The second-order valence-electron chi connectivity index (χ2n) is 0.770. The molecule has 7 heavy (non-hydrogen) atoms. The summed E-state index contributed by atoms with van der Waals surface area (Å²) in [5.74, 6) is 0.176. The van der Waals surface area contributed by atoms with Gasteiger partial charge in [0.25, 0.3) is 5.95 Å². The van der Waals surface area contributed by atoms with Crippen LogP contribution in [0.3, 0.4) is 0 Å². The Labute approximate surface area is 50.1 Å². The third kappa shape index (κ3) is 1.52. The molecule has 0 saturated heterocycles. The van der Waals surface area contributed by atoms with Crippen LogP contribution in [0.25, 0.3) is 0 Å². The van der Waals surface area contributed by atoms with Crippen molar-refractivity contribution in [3.63, 3.8) is 0 Å². The van der Waals surface area contributed by atoms with Gasteiger partial charge in [0.1, 0.15) is 0 Å². The Kier molecular flexibility index (Phi) is 2.32. The number of nitrogen functional groups attached to an aromatic ring is 1. The molecule has 3 N–H and O–H groups in total. The topological polar surface area (TPSA) is 80.5 Å². The molecule has 0 aliphatic carbocycles. The molecule has 1 rings (SSSR count). The third-order valence-electron chi connectivity index (χ3n) is 0.362. The standard InChI is InChI=1S/CH3N5.Cu/c2-1-3-5-6-4-1;/h(H3,2,3,4,5,6);/q;+1. The Morgan fingerprint density at radius 2 is 2.29 bits per heavy atom. The molecule has 5 nitrogen and oxygen atoms in total. The van der Waals surface area contributed by atoms with E-state index in [0.29, 0.717) is 0 Å². The maximum atomic E-state index is 4.96. The second-order valence-corrected chi connectivity index (χ2v) is 0.770. The van der Waals surface area contributed by atoms with Gasteiger partial charge in [0, 0.05) is 0 Å². The van der Waals surface area contributed by atoms with Crippen LogP contribution in [0, 0.1) is 0 Å². The summed E-state index contributed by atoms with van der Waals surface area (Å²) in [6.45, 7) is 0. The van der Waals surface area contributed by atoms with Gasteiger partial charge in [0.2, 0.25) is 0 Å². The Balaban J connectivity index is 0.000000360. The Morgan fingerprint density at radius 3 is 2.43 bits per heavy atom. The first-order valence-corrected chi connectivity index (χ1v) is 1.38. The van der Waals surface area contributed by atoms with Crippen molar-refractivity contribution in [2.45, 2.75) is 0 Å². The minimum absolute atomic E-state index is 0. The van der Waals surface area contributed by atoms with Crippen molar-refractivity contribution >= 4 is 5.95 Å². The first-order valence-electron chi connectivity index (χ1n) is 1.38. The van der Waals surface area contributed by atoms with Crippen molar-refractivity contribution in [3.8, 4) is 0 Å². The van der Waals surface area contributed by atoms with Crippen LogP contribution in [-0.4, -0.2) is 20.6 Å². The van der Waals surface area contributed by atoms with E-state index < -0.39 is 0 Å². The van der Waals surface area contributed by atoms with Crippen LogP contribution in [0.15, 0.2) is 0 Å². The van der Waals surface area contributed by atoms with E-state index in [1.165, 1.54) is 0 Å². The van der Waals surface area contributed by atoms with Gasteiger partial charge in [0.05, 0.1) is 0 Å². The predicted octanol–water partition coefficient (Wildman–Crippen LogP) is -1.22. The van der Waals surface area contributed by atoms with Crippen molar-refractivity contribution in [1.82, 2.24) is 20.6 Å². The number of tetrazole rings is 1. The monoisotopic (exact) mass is 148 g/mol. The fourth-order valence-electron chi connectivity index (χ4n) is 0.170. The van der Waals surface area contributed by atoms with Crippen molar-refractivity contribution in [2.75, 3.05) is 5.73 Å². The molecule has 1 aromatic rings. The van der Waals surface area contributed by atoms with Crippen molar-refractivity contribution < 1.29 is 17.1 Å². The zero-order valence-electron chi connectivity index (χ0n) is 3.22. The van der Waals surface area contributed by atoms with Crippen LogP contribution in [-0.2, 0) is 17.1 Å². The van der Waals surface area contributed by atoms with Crippen LogP contribution in [0.1, 0.15) is 0 Å². The third-order valence-corrected chi connectivity index (χ3v) is 0.362. The molecule has 6 heteroatoms. The zero-order chi connectivity index (χ0) is 4.41. The number of H-pyrrole nitrogens is 1. The number of hydrogen-bond acceptors (Lipinski definition) is 4. The maximum Gasteiger partial charge on any atom is 1.00 e. The maximum absolute atomic E-state index is 4.96. The van der Waals surface area contributed by atoms with E-state index in [2.05, 4.69) is 20.6 Å². The van der Waals surface area contributed by atoms with Gasteiger partial charge in [-0.2, -0.15) is 5.21 Å². The van der Waals surface area contributed by atoms with E-state index in [9.17, 15) is 0 Å². The van der Waals surface area contributed by atoms with Crippen LogP contribution in [0.5, 0.6) is 0 Å². The molecule has 0 spiro atoms. The van der Waals surface area contributed by atoms with Gasteiger partial charge in [-0.15, -0.1) is 5.10 Å². The smallest absolute Gasteiger partial charge is 0.365 e. The summed E-state index contributed by atoms with van der Waals surface area (Å²) in [6, 6.07) is 0. The van der Waals surface area contributed by atoms with Crippen LogP contribution < -0.4 is 5.73 Å². The van der Waals surface area contributed by atoms with Gasteiger partial charge < -0.3 is 5.73 Å². The summed E-state index contributed by atoms with van der Waals surface area (Å²) >= 11 is 0. The minimum Gasteiger partial charge on any atom is -0.365 e. The molecule has 0 aliphatic rings. The molecule has 0 aromatic carbocycles. The van der Waals surface area contributed by atoms with Crippen molar-refractivity contribution in [1.29, 1.82) is 0 Å². The van der Waals surface area contributed by atoms with E-state index >= 15 is 0 Å². The summed E-state index contributed by atoms with van der Waals surface area (Å²) in [5.41, 5.74) is 4.96. The number of hydrogen-bond donors (Lipinski definition) is 2. The fourth-order valence-corrected chi connectivity index (χ4v) is 0.170. The second kappa shape index (κ2) is 2.54. The molecule has 0 saturated carbocycles. The molecule has 0 amide bonds. The summed E-state index contributed by atoms with van der Waals surface area (Å²) < 4.78 is 0. The van der Waals surface area contributed by atoms with Crippen molar-refractivity contribution in [3.05, 3.63) is 0 Å². The van der Waals surface area contributed by atoms with E-state index in [4.69, 9.17) is 5.73 Å². The molecule has 0 atom stereocenters. The molecular weight excluding hydrogens is 146 g/mol. The number of nitrogens with one attached hydrogen (secondary N) is 1. The molecule has 0 fully saturated rings. The van der Waals surface area contributed by atoms with Gasteiger partial charge in [0.15, 0.2) is 0 Å². The Morgan fingerprint density at radius 1 is 1.57 bits per heavy atom. The van der Waals surface area contributed by atoms with Crippen molar-refractivity contribution in [2.24, 2.45) is 0 Å². The number of rotatable bonds is 0. The number of nitrogens with two attached hydrogens (primary N) is 1. The van der Waals surface area contributed by atoms with Gasteiger partial charge in [-0.05, 0) is 5.21 Å². The molecule has 0 bridgehead atoms. The quantitative estimate of drug-likeness (QED) is 0.452. The number of aromatic nitrogens is 4.